The minimum absolute atomic E-state index is 0.774. The van der Waals surface area contributed by atoms with Gasteiger partial charge in [-0.2, -0.15) is 0 Å². The van der Waals surface area contributed by atoms with E-state index in [-0.39, 0.29) is 0 Å². The number of hydrogen-bond acceptors (Lipinski definition) is 2. The monoisotopic (exact) mass is 224 g/mol. The fourth-order valence-electron chi connectivity index (χ4n) is 2.08. The first-order valence-corrected chi connectivity index (χ1v) is 5.42. The average molecular weight is 224 g/mol. The van der Waals surface area contributed by atoms with Crippen molar-refractivity contribution < 1.29 is 4.52 Å². The summed E-state index contributed by atoms with van der Waals surface area (Å²) in [6, 6.07) is 12.2. The van der Waals surface area contributed by atoms with Crippen LogP contribution in [0.4, 0.5) is 0 Å². The molecule has 0 aliphatic heterocycles. The molecule has 3 rings (SSSR count). The molecule has 84 valence electrons. The van der Waals surface area contributed by atoms with Crippen LogP contribution >= 0.6 is 0 Å². The summed E-state index contributed by atoms with van der Waals surface area (Å²) in [5, 5.41) is 5.12. The van der Waals surface area contributed by atoms with Gasteiger partial charge in [-0.25, -0.2) is 0 Å². The van der Waals surface area contributed by atoms with E-state index >= 15 is 0 Å². The van der Waals surface area contributed by atoms with Crippen molar-refractivity contribution >= 4 is 16.5 Å². The van der Waals surface area contributed by atoms with Crippen molar-refractivity contribution in [2.24, 2.45) is 7.05 Å². The lowest BCUT2D eigenvalue weighted by atomic mass is 10.1. The van der Waals surface area contributed by atoms with Crippen molar-refractivity contribution in [3.63, 3.8) is 0 Å². The van der Waals surface area contributed by atoms with Gasteiger partial charge in [0.15, 0.2) is 0 Å². The zero-order valence-corrected chi connectivity index (χ0v) is 9.55. The van der Waals surface area contributed by atoms with Crippen LogP contribution in [0.15, 0.2) is 53.8 Å². The molecular weight excluding hydrogens is 212 g/mol. The van der Waals surface area contributed by atoms with Crippen molar-refractivity contribution in [2.75, 3.05) is 0 Å². The van der Waals surface area contributed by atoms with Gasteiger partial charge in [0.25, 0.3) is 0 Å². The van der Waals surface area contributed by atoms with Crippen molar-refractivity contribution in [3.8, 4) is 0 Å². The molecule has 3 aromatic rings. The molecule has 0 N–H and O–H groups in total. The van der Waals surface area contributed by atoms with E-state index in [9.17, 15) is 0 Å². The normalized spacial score (nSPS) is 10.9. The van der Waals surface area contributed by atoms with Crippen LogP contribution in [0.1, 0.15) is 11.4 Å². The highest BCUT2D eigenvalue weighted by Gasteiger charge is 2.11. The topological polar surface area (TPSA) is 31.0 Å². The molecule has 0 saturated carbocycles. The number of para-hydroxylation sites is 1. The Hall–Kier alpha value is -2.29. The molecule has 0 aliphatic carbocycles. The summed E-state index contributed by atoms with van der Waals surface area (Å²) in [7, 11) is 2.03. The van der Waals surface area contributed by atoms with Gasteiger partial charge >= 0.3 is 0 Å². The zero-order chi connectivity index (χ0) is 11.8. The van der Waals surface area contributed by atoms with Crippen molar-refractivity contribution in [3.05, 3.63) is 60.6 Å². The first kappa shape index (κ1) is 9.90. The average Bonchev–Trinajstić information content (AvgIpc) is 2.97. The highest BCUT2D eigenvalue weighted by molar-refractivity contribution is 5.88. The molecule has 0 amide bonds. The third-order valence-electron chi connectivity index (χ3n) is 3.01. The first-order valence-electron chi connectivity index (χ1n) is 5.42. The third kappa shape index (κ3) is 1.47. The van der Waals surface area contributed by atoms with Crippen LogP contribution in [0.2, 0.25) is 0 Å². The SMILES string of the molecule is C=C(c1ccon1)c1cc2ccccc2n1C. The fourth-order valence-corrected chi connectivity index (χ4v) is 2.08. The molecular formula is C14H12N2O. The second kappa shape index (κ2) is 3.63. The second-order valence-electron chi connectivity index (χ2n) is 4.01. The molecule has 2 aromatic heterocycles. The van der Waals surface area contributed by atoms with E-state index in [2.05, 4.69) is 34.5 Å². The summed E-state index contributed by atoms with van der Waals surface area (Å²) in [5.41, 5.74) is 3.89. The Morgan fingerprint density at radius 2 is 2.12 bits per heavy atom. The molecule has 0 bridgehead atoms. The van der Waals surface area contributed by atoms with Crippen LogP contribution in [0.25, 0.3) is 16.5 Å². The van der Waals surface area contributed by atoms with E-state index in [1.165, 1.54) is 10.9 Å². The first-order chi connectivity index (χ1) is 8.27. The molecule has 3 heteroatoms. The molecule has 2 heterocycles. The van der Waals surface area contributed by atoms with Crippen LogP contribution in [-0.2, 0) is 7.05 Å². The molecule has 0 atom stereocenters. The number of nitrogens with zero attached hydrogens (tertiary/aromatic N) is 2. The smallest absolute Gasteiger partial charge is 0.124 e. The predicted molar refractivity (Wildman–Crippen MR) is 67.6 cm³/mol. The highest BCUT2D eigenvalue weighted by Crippen LogP contribution is 2.26. The predicted octanol–water partition coefficient (Wildman–Crippen LogP) is 3.23. The zero-order valence-electron chi connectivity index (χ0n) is 9.55. The van der Waals surface area contributed by atoms with Gasteiger partial charge in [-0.1, -0.05) is 29.9 Å². The molecule has 1 aromatic carbocycles. The van der Waals surface area contributed by atoms with Crippen LogP contribution in [0.3, 0.4) is 0 Å². The van der Waals surface area contributed by atoms with Gasteiger partial charge in [-0.15, -0.1) is 0 Å². The number of rotatable bonds is 2. The lowest BCUT2D eigenvalue weighted by molar-refractivity contribution is 0.418. The van der Waals surface area contributed by atoms with Crippen LogP contribution in [-0.4, -0.2) is 9.72 Å². The van der Waals surface area contributed by atoms with Gasteiger partial charge in [0.1, 0.15) is 12.0 Å². The Kier molecular flexibility index (Phi) is 2.11. The Balaban J connectivity index is 2.18. The Labute approximate surface area is 99.0 Å². The third-order valence-corrected chi connectivity index (χ3v) is 3.01. The summed E-state index contributed by atoms with van der Waals surface area (Å²) in [6.07, 6.45) is 1.56. The summed E-state index contributed by atoms with van der Waals surface area (Å²) < 4.78 is 6.97. The van der Waals surface area contributed by atoms with Crippen molar-refractivity contribution in [1.82, 2.24) is 9.72 Å². The fraction of sp³-hybridized carbons (Fsp3) is 0.0714. The van der Waals surface area contributed by atoms with E-state index in [0.717, 1.165) is 17.0 Å². The molecule has 0 saturated heterocycles. The number of hydrogen-bond donors (Lipinski definition) is 0. The van der Waals surface area contributed by atoms with Crippen LogP contribution in [0, 0.1) is 0 Å². The summed E-state index contributed by atoms with van der Waals surface area (Å²) in [4.78, 5) is 0. The van der Waals surface area contributed by atoms with Gasteiger partial charge in [0.05, 0.1) is 5.69 Å². The molecule has 17 heavy (non-hydrogen) atoms. The molecule has 0 spiro atoms. The minimum Gasteiger partial charge on any atom is -0.364 e. The Morgan fingerprint density at radius 3 is 2.82 bits per heavy atom. The summed E-state index contributed by atoms with van der Waals surface area (Å²) in [6.45, 7) is 4.08. The molecule has 0 aliphatic rings. The van der Waals surface area contributed by atoms with Gasteiger partial charge in [0.2, 0.25) is 0 Å². The largest absolute Gasteiger partial charge is 0.364 e. The Bertz CT molecular complexity index is 677. The van der Waals surface area contributed by atoms with E-state index in [4.69, 9.17) is 4.52 Å². The number of aryl methyl sites for hydroxylation is 1. The molecule has 0 unspecified atom stereocenters. The van der Waals surface area contributed by atoms with Gasteiger partial charge in [0, 0.05) is 29.6 Å². The van der Waals surface area contributed by atoms with Crippen molar-refractivity contribution in [2.45, 2.75) is 0 Å². The van der Waals surface area contributed by atoms with Crippen LogP contribution < -0.4 is 0 Å². The van der Waals surface area contributed by atoms with Gasteiger partial charge in [-0.3, -0.25) is 0 Å². The van der Waals surface area contributed by atoms with E-state index in [0.29, 0.717) is 0 Å². The quantitative estimate of drug-likeness (QED) is 0.669. The van der Waals surface area contributed by atoms with Crippen molar-refractivity contribution in [1.29, 1.82) is 0 Å². The van der Waals surface area contributed by atoms with Gasteiger partial charge < -0.3 is 9.09 Å². The minimum atomic E-state index is 0.774. The van der Waals surface area contributed by atoms with E-state index in [1.807, 2.05) is 25.2 Å². The maximum atomic E-state index is 4.85. The highest BCUT2D eigenvalue weighted by atomic mass is 16.5. The number of aromatic nitrogens is 2. The molecule has 3 nitrogen and oxygen atoms in total. The lowest BCUT2D eigenvalue weighted by Crippen LogP contribution is -1.95. The maximum absolute atomic E-state index is 4.85. The second-order valence-corrected chi connectivity index (χ2v) is 4.01. The van der Waals surface area contributed by atoms with E-state index < -0.39 is 0 Å². The number of benzene rings is 1. The standard InChI is InChI=1S/C14H12N2O/c1-10(12-7-8-17-15-12)14-9-11-5-3-4-6-13(11)16(14)2/h3-9H,1H2,2H3. The summed E-state index contributed by atoms with van der Waals surface area (Å²) in [5.74, 6) is 0. The van der Waals surface area contributed by atoms with Crippen LogP contribution in [0.5, 0.6) is 0 Å². The summed E-state index contributed by atoms with van der Waals surface area (Å²) >= 11 is 0. The lowest BCUT2D eigenvalue weighted by Gasteiger charge is -2.04. The van der Waals surface area contributed by atoms with E-state index in [1.54, 1.807) is 6.26 Å². The number of fused-ring (bicyclic) bond motifs is 1. The molecule has 0 radical (unpaired) electrons. The maximum Gasteiger partial charge on any atom is 0.124 e. The van der Waals surface area contributed by atoms with Gasteiger partial charge in [-0.05, 0) is 12.1 Å². The Morgan fingerprint density at radius 1 is 1.29 bits per heavy atom. The molecule has 0 fully saturated rings.